The molecule has 162 valence electrons. The average Bonchev–Trinajstić information content (AvgIpc) is 3.34. The minimum atomic E-state index is -0.487. The van der Waals surface area contributed by atoms with Crippen LogP contribution in [0.2, 0.25) is 0 Å². The fourth-order valence-electron chi connectivity index (χ4n) is 2.88. The number of aryl methyl sites for hydroxylation is 1. The highest BCUT2D eigenvalue weighted by Crippen LogP contribution is 2.31. The van der Waals surface area contributed by atoms with E-state index in [1.165, 1.54) is 30.2 Å². The molecule has 0 atom stereocenters. The van der Waals surface area contributed by atoms with Crippen molar-refractivity contribution in [2.75, 3.05) is 25.3 Å². The fraction of sp³-hybridized carbons (Fsp3) is 0.238. The van der Waals surface area contributed by atoms with E-state index in [0.29, 0.717) is 33.8 Å². The molecule has 3 aromatic rings. The second-order valence-corrected chi connectivity index (χ2v) is 8.53. The first-order valence-corrected chi connectivity index (χ1v) is 11.1. The van der Waals surface area contributed by atoms with Crippen molar-refractivity contribution in [2.24, 2.45) is 0 Å². The van der Waals surface area contributed by atoms with Crippen LogP contribution >= 0.6 is 23.1 Å². The number of nitrogens with one attached hydrogen (secondary N) is 1. The van der Waals surface area contributed by atoms with Crippen molar-refractivity contribution >= 4 is 40.0 Å². The van der Waals surface area contributed by atoms with Crippen LogP contribution in [0.5, 0.6) is 5.75 Å². The Balaban J connectivity index is 1.77. The monoisotopic (exact) mass is 458 g/mol. The predicted molar refractivity (Wildman–Crippen MR) is 122 cm³/mol. The lowest BCUT2D eigenvalue weighted by Crippen LogP contribution is -2.16. The maximum atomic E-state index is 12.5. The minimum absolute atomic E-state index is 0.0960. The summed E-state index contributed by atoms with van der Waals surface area (Å²) in [4.78, 5) is 25.3. The molecule has 2 aromatic heterocycles. The van der Waals surface area contributed by atoms with E-state index in [4.69, 9.17) is 9.47 Å². The zero-order valence-electron chi connectivity index (χ0n) is 17.4. The molecule has 0 spiro atoms. The van der Waals surface area contributed by atoms with Gasteiger partial charge in [-0.2, -0.15) is 0 Å². The normalized spacial score (nSPS) is 10.5. The molecule has 3 rings (SSSR count). The molecule has 2 heterocycles. The molecule has 0 radical (unpaired) electrons. The molecule has 31 heavy (non-hydrogen) atoms. The molecule has 0 unspecified atom stereocenters. The van der Waals surface area contributed by atoms with E-state index in [1.54, 1.807) is 19.3 Å². The van der Waals surface area contributed by atoms with E-state index >= 15 is 0 Å². The van der Waals surface area contributed by atoms with Crippen molar-refractivity contribution in [1.29, 1.82) is 0 Å². The quantitative estimate of drug-likeness (QED) is 0.294. The van der Waals surface area contributed by atoms with Crippen LogP contribution in [0.25, 0.3) is 11.4 Å². The fourth-order valence-corrected chi connectivity index (χ4v) is 4.54. The van der Waals surface area contributed by atoms with Gasteiger partial charge in [0.1, 0.15) is 10.8 Å². The average molecular weight is 459 g/mol. The number of anilines is 1. The van der Waals surface area contributed by atoms with Gasteiger partial charge in [-0.25, -0.2) is 4.79 Å². The second kappa shape index (κ2) is 10.3. The van der Waals surface area contributed by atoms with Gasteiger partial charge in [0.05, 0.1) is 31.1 Å². The Morgan fingerprint density at radius 1 is 1.29 bits per heavy atom. The molecule has 0 saturated heterocycles. The van der Waals surface area contributed by atoms with Crippen LogP contribution in [0.1, 0.15) is 15.2 Å². The molecule has 10 heteroatoms. The van der Waals surface area contributed by atoms with Crippen molar-refractivity contribution in [3.05, 3.63) is 53.4 Å². The number of thioether (sulfide) groups is 1. The summed E-state index contributed by atoms with van der Waals surface area (Å²) in [7, 11) is 2.91. The third-order valence-corrected chi connectivity index (χ3v) is 6.15. The van der Waals surface area contributed by atoms with E-state index in [2.05, 4.69) is 22.1 Å². The Labute approximate surface area is 188 Å². The third-order valence-electron chi connectivity index (χ3n) is 4.22. The van der Waals surface area contributed by atoms with Crippen molar-refractivity contribution in [3.63, 3.8) is 0 Å². The summed E-state index contributed by atoms with van der Waals surface area (Å²) in [5.74, 6) is 0.655. The predicted octanol–water partition coefficient (Wildman–Crippen LogP) is 4.03. The molecule has 0 fully saturated rings. The molecule has 8 nitrogen and oxygen atoms in total. The van der Waals surface area contributed by atoms with Gasteiger partial charge in [-0.05, 0) is 25.1 Å². The summed E-state index contributed by atoms with van der Waals surface area (Å²) >= 11 is 2.57. The Morgan fingerprint density at radius 2 is 2.06 bits per heavy atom. The minimum Gasteiger partial charge on any atom is -0.496 e. The van der Waals surface area contributed by atoms with Gasteiger partial charge < -0.3 is 14.8 Å². The number of thiophene rings is 1. The number of benzene rings is 1. The van der Waals surface area contributed by atoms with Crippen LogP contribution in [0.4, 0.5) is 5.00 Å². The smallest absolute Gasteiger partial charge is 0.340 e. The van der Waals surface area contributed by atoms with Crippen LogP contribution in [-0.2, 0) is 16.1 Å². The lowest BCUT2D eigenvalue weighted by Gasteiger charge is -2.10. The number of ether oxygens (including phenoxy) is 2. The van der Waals surface area contributed by atoms with E-state index in [-0.39, 0.29) is 11.7 Å². The number of nitrogens with zero attached hydrogens (tertiary/aromatic N) is 3. The number of esters is 1. The number of rotatable bonds is 9. The lowest BCUT2D eigenvalue weighted by atomic mass is 10.2. The Morgan fingerprint density at radius 3 is 2.77 bits per heavy atom. The number of hydrogen-bond acceptors (Lipinski definition) is 8. The molecule has 0 saturated carbocycles. The molecule has 1 aromatic carbocycles. The molecule has 1 N–H and O–H groups in total. The second-order valence-electron chi connectivity index (χ2n) is 6.33. The summed E-state index contributed by atoms with van der Waals surface area (Å²) in [5.41, 5.74) is 1.14. The SMILES string of the molecule is C=CCn1c(SCC(=O)Nc2sc(C)cc2C(=O)OC)nnc1-c1ccccc1OC. The van der Waals surface area contributed by atoms with Crippen LogP contribution < -0.4 is 10.1 Å². The van der Waals surface area contributed by atoms with Gasteiger partial charge in [0.15, 0.2) is 11.0 Å². The summed E-state index contributed by atoms with van der Waals surface area (Å²) in [6.45, 7) is 6.14. The lowest BCUT2D eigenvalue weighted by molar-refractivity contribution is -0.113. The summed E-state index contributed by atoms with van der Waals surface area (Å²) in [6, 6.07) is 9.22. The third kappa shape index (κ3) is 5.15. The first-order valence-electron chi connectivity index (χ1n) is 9.27. The van der Waals surface area contributed by atoms with Gasteiger partial charge in [0.2, 0.25) is 5.91 Å². The topological polar surface area (TPSA) is 95.3 Å². The maximum absolute atomic E-state index is 12.5. The van der Waals surface area contributed by atoms with Gasteiger partial charge in [0, 0.05) is 11.4 Å². The first-order chi connectivity index (χ1) is 15.0. The van der Waals surface area contributed by atoms with Crippen LogP contribution in [0.15, 0.2) is 48.1 Å². The standard InChI is InChI=1S/C21H22N4O4S2/c1-5-10-25-18(14-8-6-7-9-16(14)28-3)23-24-21(25)30-12-17(26)22-19-15(20(27)29-4)11-13(2)31-19/h5-9,11H,1,10,12H2,2-4H3,(H,22,26). The number of carbonyl (C=O) groups excluding carboxylic acids is 2. The van der Waals surface area contributed by atoms with Gasteiger partial charge in [-0.1, -0.05) is 30.0 Å². The molecular formula is C21H22N4O4S2. The zero-order valence-corrected chi connectivity index (χ0v) is 19.0. The number of carbonyl (C=O) groups is 2. The maximum Gasteiger partial charge on any atom is 0.340 e. The van der Waals surface area contributed by atoms with Crippen LogP contribution in [0.3, 0.4) is 0 Å². The highest BCUT2D eigenvalue weighted by Gasteiger charge is 2.20. The van der Waals surface area contributed by atoms with E-state index in [1.807, 2.05) is 35.8 Å². The molecule has 0 aliphatic heterocycles. The number of hydrogen-bond donors (Lipinski definition) is 1. The van der Waals surface area contributed by atoms with Gasteiger partial charge in [-0.15, -0.1) is 28.1 Å². The molecular weight excluding hydrogens is 436 g/mol. The number of methoxy groups -OCH3 is 2. The van der Waals surface area contributed by atoms with Crippen LogP contribution in [-0.4, -0.2) is 46.6 Å². The van der Waals surface area contributed by atoms with E-state index in [9.17, 15) is 9.59 Å². The number of allylic oxidation sites excluding steroid dienone is 1. The van der Waals surface area contributed by atoms with Crippen molar-refractivity contribution < 1.29 is 19.1 Å². The Kier molecular flexibility index (Phi) is 7.48. The van der Waals surface area contributed by atoms with Crippen molar-refractivity contribution in [1.82, 2.24) is 14.8 Å². The molecule has 1 amide bonds. The van der Waals surface area contributed by atoms with Gasteiger partial charge in [0.25, 0.3) is 0 Å². The number of aromatic nitrogens is 3. The summed E-state index contributed by atoms with van der Waals surface area (Å²) in [6.07, 6.45) is 1.74. The Bertz CT molecular complexity index is 1110. The highest BCUT2D eigenvalue weighted by atomic mass is 32.2. The van der Waals surface area contributed by atoms with Crippen LogP contribution in [0, 0.1) is 6.92 Å². The largest absolute Gasteiger partial charge is 0.496 e. The molecule has 0 aliphatic carbocycles. The van der Waals surface area contributed by atoms with E-state index in [0.717, 1.165) is 10.4 Å². The molecule has 0 bridgehead atoms. The van der Waals surface area contributed by atoms with E-state index < -0.39 is 5.97 Å². The number of amides is 1. The zero-order chi connectivity index (χ0) is 22.4. The summed E-state index contributed by atoms with van der Waals surface area (Å²) in [5, 5.41) is 12.4. The van der Waals surface area contributed by atoms with Crippen molar-refractivity contribution in [2.45, 2.75) is 18.6 Å². The first kappa shape index (κ1) is 22.6. The highest BCUT2D eigenvalue weighted by molar-refractivity contribution is 7.99. The van der Waals surface area contributed by atoms with Crippen molar-refractivity contribution in [3.8, 4) is 17.1 Å². The van der Waals surface area contributed by atoms with Gasteiger partial charge >= 0.3 is 5.97 Å². The molecule has 0 aliphatic rings. The number of para-hydroxylation sites is 1. The van der Waals surface area contributed by atoms with Gasteiger partial charge in [-0.3, -0.25) is 9.36 Å². The Hall–Kier alpha value is -3.11. The summed E-state index contributed by atoms with van der Waals surface area (Å²) < 4.78 is 12.1.